The number of rotatable bonds is 7. The first-order chi connectivity index (χ1) is 15.4. The highest BCUT2D eigenvalue weighted by Gasteiger charge is 2.22. The van der Waals surface area contributed by atoms with Crippen LogP contribution in [0.3, 0.4) is 0 Å². The minimum absolute atomic E-state index is 0.00727. The Balaban J connectivity index is 1.54. The molecule has 0 fully saturated rings. The molecule has 2 heterocycles. The first-order valence-electron chi connectivity index (χ1n) is 10.4. The van der Waals surface area contributed by atoms with Crippen LogP contribution in [0.25, 0.3) is 10.2 Å². The maximum atomic E-state index is 14.0. The normalized spacial score (nSPS) is 14.2. The minimum Gasteiger partial charge on any atom is -0.349 e. The number of carbonyl (C=O) groups excluding carboxylic acids is 1. The molecule has 168 valence electrons. The maximum Gasteiger partial charge on any atom is 0.263 e. The Hall–Kier alpha value is -2.52. The predicted octanol–water partition coefficient (Wildman–Crippen LogP) is 4.77. The molecule has 1 aromatic carbocycles. The molecular formula is C23H23F2N3O2S2. The summed E-state index contributed by atoms with van der Waals surface area (Å²) in [6.45, 7) is 5.67. The third-order valence-corrected chi connectivity index (χ3v) is 7.65. The topological polar surface area (TPSA) is 64.0 Å². The van der Waals surface area contributed by atoms with Crippen molar-refractivity contribution in [1.82, 2.24) is 14.9 Å². The van der Waals surface area contributed by atoms with Crippen LogP contribution in [0.4, 0.5) is 8.78 Å². The summed E-state index contributed by atoms with van der Waals surface area (Å²) >= 11 is 2.72. The van der Waals surface area contributed by atoms with Gasteiger partial charge in [-0.2, -0.15) is 0 Å². The smallest absolute Gasteiger partial charge is 0.263 e. The largest absolute Gasteiger partial charge is 0.349 e. The Labute approximate surface area is 192 Å². The lowest BCUT2D eigenvalue weighted by molar-refractivity contribution is -0.119. The summed E-state index contributed by atoms with van der Waals surface area (Å²) in [4.78, 5) is 32.4. The number of allylic oxidation sites excluding steroid dienone is 1. The highest BCUT2D eigenvalue weighted by atomic mass is 32.2. The van der Waals surface area contributed by atoms with Crippen molar-refractivity contribution in [1.29, 1.82) is 0 Å². The van der Waals surface area contributed by atoms with Crippen LogP contribution in [0.5, 0.6) is 0 Å². The first kappa shape index (κ1) is 22.7. The number of thiophene rings is 1. The van der Waals surface area contributed by atoms with E-state index >= 15 is 0 Å². The van der Waals surface area contributed by atoms with Gasteiger partial charge < -0.3 is 5.32 Å². The van der Waals surface area contributed by atoms with Crippen LogP contribution in [0.1, 0.15) is 41.8 Å². The number of hydrogen-bond donors (Lipinski definition) is 1. The number of thioether (sulfide) groups is 1. The Morgan fingerprint density at radius 3 is 2.91 bits per heavy atom. The molecule has 0 radical (unpaired) electrons. The minimum atomic E-state index is -0.709. The fourth-order valence-electron chi connectivity index (χ4n) is 3.96. The van der Waals surface area contributed by atoms with Gasteiger partial charge in [0, 0.05) is 23.1 Å². The summed E-state index contributed by atoms with van der Waals surface area (Å²) in [6, 6.07) is 2.64. The fourth-order valence-corrected chi connectivity index (χ4v) is 6.09. The quantitative estimate of drug-likeness (QED) is 0.304. The van der Waals surface area contributed by atoms with Crippen LogP contribution >= 0.6 is 23.1 Å². The average molecular weight is 476 g/mol. The molecule has 9 heteroatoms. The van der Waals surface area contributed by atoms with Gasteiger partial charge in [0.15, 0.2) is 5.16 Å². The lowest BCUT2D eigenvalue weighted by atomic mass is 9.97. The number of nitrogens with zero attached hydrogens (tertiary/aromatic N) is 2. The van der Waals surface area contributed by atoms with Crippen LogP contribution < -0.4 is 10.9 Å². The van der Waals surface area contributed by atoms with E-state index in [4.69, 9.17) is 4.98 Å². The number of nitrogens with one attached hydrogen (secondary N) is 1. The summed E-state index contributed by atoms with van der Waals surface area (Å²) in [6.07, 6.45) is 5.70. The van der Waals surface area contributed by atoms with E-state index < -0.39 is 17.7 Å². The number of aromatic nitrogens is 2. The van der Waals surface area contributed by atoms with Gasteiger partial charge in [0.2, 0.25) is 5.91 Å². The summed E-state index contributed by atoms with van der Waals surface area (Å²) in [5.41, 5.74) is 1.23. The van der Waals surface area contributed by atoms with E-state index in [1.54, 1.807) is 28.9 Å². The molecule has 1 amide bonds. The number of halogens is 2. The lowest BCUT2D eigenvalue weighted by Gasteiger charge is -2.16. The zero-order valence-corrected chi connectivity index (χ0v) is 19.3. The van der Waals surface area contributed by atoms with Crippen molar-refractivity contribution in [2.24, 2.45) is 0 Å². The summed E-state index contributed by atoms with van der Waals surface area (Å²) in [5.74, 6) is -1.71. The van der Waals surface area contributed by atoms with Crippen molar-refractivity contribution in [2.75, 3.05) is 5.75 Å². The zero-order chi connectivity index (χ0) is 22.8. The molecule has 2 aromatic heterocycles. The second-order valence-corrected chi connectivity index (χ2v) is 9.76. The summed E-state index contributed by atoms with van der Waals surface area (Å²) in [7, 11) is 0. The van der Waals surface area contributed by atoms with E-state index in [1.165, 1.54) is 10.9 Å². The lowest BCUT2D eigenvalue weighted by Crippen LogP contribution is -2.29. The number of amides is 1. The second-order valence-electron chi connectivity index (χ2n) is 7.73. The number of carbonyl (C=O) groups is 1. The molecule has 1 atom stereocenters. The Morgan fingerprint density at radius 1 is 1.38 bits per heavy atom. The monoisotopic (exact) mass is 475 g/mol. The van der Waals surface area contributed by atoms with Crippen molar-refractivity contribution in [3.8, 4) is 0 Å². The summed E-state index contributed by atoms with van der Waals surface area (Å²) in [5, 5.41) is 3.87. The van der Waals surface area contributed by atoms with Gasteiger partial charge in [-0.25, -0.2) is 13.8 Å². The van der Waals surface area contributed by atoms with Crippen LogP contribution in [-0.2, 0) is 24.2 Å². The first-order valence-corrected chi connectivity index (χ1v) is 12.2. The Bertz CT molecular complexity index is 1250. The molecule has 0 saturated carbocycles. The number of benzene rings is 1. The third kappa shape index (κ3) is 4.49. The Kier molecular flexibility index (Phi) is 6.76. The average Bonchev–Trinajstić information content (AvgIpc) is 3.13. The van der Waals surface area contributed by atoms with Gasteiger partial charge >= 0.3 is 0 Å². The molecule has 1 aliphatic carbocycles. The standard InChI is InChI=1S/C23H23F2N3O2S2/c1-3-10-28-22(30)20-16-6-4-5-7-18(16)32-21(20)27-23(28)31-12-19(29)26-13(2)15-9-8-14(24)11-17(15)25/h3,8-9,11,13H,1,4-7,10,12H2,2H3,(H,26,29). The van der Waals surface area contributed by atoms with E-state index in [-0.39, 0.29) is 22.8 Å². The fraction of sp³-hybridized carbons (Fsp3) is 0.348. The van der Waals surface area contributed by atoms with E-state index in [2.05, 4.69) is 11.9 Å². The van der Waals surface area contributed by atoms with Crippen molar-refractivity contribution in [3.63, 3.8) is 0 Å². The molecule has 1 N–H and O–H groups in total. The van der Waals surface area contributed by atoms with Crippen molar-refractivity contribution in [2.45, 2.75) is 50.4 Å². The van der Waals surface area contributed by atoms with Crippen LogP contribution in [-0.4, -0.2) is 21.2 Å². The summed E-state index contributed by atoms with van der Waals surface area (Å²) < 4.78 is 28.7. The van der Waals surface area contributed by atoms with E-state index in [9.17, 15) is 18.4 Å². The van der Waals surface area contributed by atoms with Crippen molar-refractivity contribution >= 4 is 39.2 Å². The van der Waals surface area contributed by atoms with Crippen LogP contribution in [0.2, 0.25) is 0 Å². The van der Waals surface area contributed by atoms with Gasteiger partial charge in [0.05, 0.1) is 17.2 Å². The number of fused-ring (bicyclic) bond motifs is 3. The second kappa shape index (κ2) is 9.54. The van der Waals surface area contributed by atoms with Gasteiger partial charge in [-0.1, -0.05) is 23.9 Å². The van der Waals surface area contributed by atoms with E-state index in [0.29, 0.717) is 21.9 Å². The molecular weight excluding hydrogens is 452 g/mol. The molecule has 0 bridgehead atoms. The van der Waals surface area contributed by atoms with Crippen LogP contribution in [0, 0.1) is 11.6 Å². The molecule has 0 spiro atoms. The van der Waals surface area contributed by atoms with Crippen LogP contribution in [0.15, 0.2) is 40.8 Å². The molecule has 4 rings (SSSR count). The van der Waals surface area contributed by atoms with Gasteiger partial charge in [-0.05, 0) is 44.2 Å². The van der Waals surface area contributed by atoms with Crippen molar-refractivity contribution in [3.05, 3.63) is 68.8 Å². The zero-order valence-electron chi connectivity index (χ0n) is 17.6. The number of aryl methyl sites for hydroxylation is 2. The van der Waals surface area contributed by atoms with E-state index in [0.717, 1.165) is 55.1 Å². The highest BCUT2D eigenvalue weighted by molar-refractivity contribution is 7.99. The highest BCUT2D eigenvalue weighted by Crippen LogP contribution is 2.34. The molecule has 0 saturated heterocycles. The van der Waals surface area contributed by atoms with E-state index in [1.807, 2.05) is 0 Å². The van der Waals surface area contributed by atoms with Gasteiger partial charge in [-0.3, -0.25) is 14.2 Å². The number of hydrogen-bond acceptors (Lipinski definition) is 5. The molecule has 5 nitrogen and oxygen atoms in total. The predicted molar refractivity (Wildman–Crippen MR) is 124 cm³/mol. The van der Waals surface area contributed by atoms with Gasteiger partial charge in [0.25, 0.3) is 5.56 Å². The molecule has 3 aromatic rings. The molecule has 1 unspecified atom stereocenters. The maximum absolute atomic E-state index is 14.0. The molecule has 1 aliphatic rings. The molecule has 32 heavy (non-hydrogen) atoms. The SMILES string of the molecule is C=CCn1c(SCC(=O)NC(C)c2ccc(F)cc2F)nc2sc3c(c2c1=O)CCCC3. The molecule has 0 aliphatic heterocycles. The Morgan fingerprint density at radius 2 is 2.16 bits per heavy atom. The van der Waals surface area contributed by atoms with Gasteiger partial charge in [0.1, 0.15) is 16.5 Å². The third-order valence-electron chi connectivity index (χ3n) is 5.49. The van der Waals surface area contributed by atoms with Crippen molar-refractivity contribution < 1.29 is 13.6 Å². The van der Waals surface area contributed by atoms with Gasteiger partial charge in [-0.15, -0.1) is 17.9 Å².